The second kappa shape index (κ2) is 5.08. The molecule has 0 aliphatic carbocycles. The molecular weight excluding hydrogens is 246 g/mol. The van der Waals surface area contributed by atoms with Crippen LogP contribution < -0.4 is 5.73 Å². The van der Waals surface area contributed by atoms with Crippen LogP contribution in [-0.2, 0) is 6.54 Å². The van der Waals surface area contributed by atoms with Crippen LogP contribution in [0.1, 0.15) is 19.4 Å². The maximum Gasteiger partial charge on any atom is 0.0638 e. The molecular formula is C14H22ClN3. The summed E-state index contributed by atoms with van der Waals surface area (Å²) in [7, 11) is 2.19. The quantitative estimate of drug-likeness (QED) is 0.836. The first kappa shape index (κ1) is 13.7. The zero-order valence-electron chi connectivity index (χ0n) is 11.4. The van der Waals surface area contributed by atoms with Crippen molar-refractivity contribution in [1.29, 1.82) is 0 Å². The van der Waals surface area contributed by atoms with Gasteiger partial charge in [0.15, 0.2) is 0 Å². The molecule has 3 nitrogen and oxygen atoms in total. The molecule has 0 amide bonds. The van der Waals surface area contributed by atoms with Crippen molar-refractivity contribution in [3.8, 4) is 0 Å². The second-order valence-electron chi connectivity index (χ2n) is 5.80. The highest BCUT2D eigenvalue weighted by atomic mass is 35.5. The molecule has 2 N–H and O–H groups in total. The molecule has 0 saturated carbocycles. The van der Waals surface area contributed by atoms with Crippen molar-refractivity contribution in [2.24, 2.45) is 0 Å². The van der Waals surface area contributed by atoms with Crippen molar-refractivity contribution in [1.82, 2.24) is 9.80 Å². The molecule has 1 aromatic carbocycles. The fourth-order valence-electron chi connectivity index (χ4n) is 2.40. The number of halogens is 1. The lowest BCUT2D eigenvalue weighted by Crippen LogP contribution is -2.57. The van der Waals surface area contributed by atoms with Crippen LogP contribution in [-0.4, -0.2) is 42.0 Å². The summed E-state index contributed by atoms with van der Waals surface area (Å²) in [5.74, 6) is 0. The van der Waals surface area contributed by atoms with E-state index in [1.807, 2.05) is 12.1 Å². The van der Waals surface area contributed by atoms with E-state index < -0.39 is 0 Å². The summed E-state index contributed by atoms with van der Waals surface area (Å²) in [5.41, 5.74) is 7.85. The van der Waals surface area contributed by atoms with Crippen molar-refractivity contribution in [3.05, 3.63) is 28.8 Å². The van der Waals surface area contributed by atoms with Gasteiger partial charge < -0.3 is 5.73 Å². The Balaban J connectivity index is 2.04. The van der Waals surface area contributed by atoms with Crippen molar-refractivity contribution >= 4 is 17.3 Å². The Hall–Kier alpha value is -0.770. The first-order chi connectivity index (χ1) is 8.38. The Morgan fingerprint density at radius 2 is 2.06 bits per heavy atom. The number of hydrogen-bond donors (Lipinski definition) is 1. The average Bonchev–Trinajstić information content (AvgIpc) is 2.28. The van der Waals surface area contributed by atoms with Crippen molar-refractivity contribution in [3.63, 3.8) is 0 Å². The molecule has 0 radical (unpaired) electrons. The van der Waals surface area contributed by atoms with Gasteiger partial charge in [-0.1, -0.05) is 17.7 Å². The highest BCUT2D eigenvalue weighted by Crippen LogP contribution is 2.23. The normalized spacial score (nSPS) is 21.1. The largest absolute Gasteiger partial charge is 0.398 e. The third kappa shape index (κ3) is 2.97. The van der Waals surface area contributed by atoms with Gasteiger partial charge in [0.25, 0.3) is 0 Å². The maximum absolute atomic E-state index is 6.06. The van der Waals surface area contributed by atoms with Crippen LogP contribution in [0.15, 0.2) is 18.2 Å². The lowest BCUT2D eigenvalue weighted by molar-refractivity contribution is 0.0360. The number of nitrogens with two attached hydrogens (primary N) is 1. The van der Waals surface area contributed by atoms with Crippen LogP contribution in [0, 0.1) is 0 Å². The number of nitrogen functional groups attached to an aromatic ring is 1. The summed E-state index contributed by atoms with van der Waals surface area (Å²) in [4.78, 5) is 4.89. The van der Waals surface area contributed by atoms with Gasteiger partial charge in [0.05, 0.1) is 10.7 Å². The molecule has 1 heterocycles. The van der Waals surface area contributed by atoms with Crippen LogP contribution in [0.2, 0.25) is 5.02 Å². The topological polar surface area (TPSA) is 32.5 Å². The number of rotatable bonds is 2. The molecule has 1 aliphatic rings. The minimum atomic E-state index is 0.232. The molecule has 4 heteroatoms. The van der Waals surface area contributed by atoms with Gasteiger partial charge in [-0.15, -0.1) is 0 Å². The Morgan fingerprint density at radius 1 is 1.33 bits per heavy atom. The summed E-state index contributed by atoms with van der Waals surface area (Å²) < 4.78 is 0. The van der Waals surface area contributed by atoms with E-state index in [4.69, 9.17) is 17.3 Å². The predicted molar refractivity (Wildman–Crippen MR) is 77.9 cm³/mol. The van der Waals surface area contributed by atoms with Gasteiger partial charge in [0.1, 0.15) is 0 Å². The van der Waals surface area contributed by atoms with Gasteiger partial charge in [-0.05, 0) is 38.6 Å². The van der Waals surface area contributed by atoms with E-state index in [1.54, 1.807) is 0 Å². The zero-order valence-corrected chi connectivity index (χ0v) is 12.2. The third-order valence-electron chi connectivity index (χ3n) is 3.87. The van der Waals surface area contributed by atoms with Gasteiger partial charge in [0, 0.05) is 31.7 Å². The molecule has 1 aromatic rings. The molecule has 1 aliphatic heterocycles. The number of hydrogen-bond acceptors (Lipinski definition) is 3. The van der Waals surface area contributed by atoms with E-state index in [1.165, 1.54) is 5.56 Å². The van der Waals surface area contributed by atoms with E-state index in [2.05, 4.69) is 36.8 Å². The zero-order chi connectivity index (χ0) is 13.3. The van der Waals surface area contributed by atoms with Crippen LogP contribution in [0.3, 0.4) is 0 Å². The molecule has 0 aromatic heterocycles. The molecule has 100 valence electrons. The number of anilines is 1. The van der Waals surface area contributed by atoms with Gasteiger partial charge in [-0.2, -0.15) is 0 Å². The number of benzene rings is 1. The average molecular weight is 268 g/mol. The molecule has 0 spiro atoms. The fourth-order valence-corrected chi connectivity index (χ4v) is 2.61. The van der Waals surface area contributed by atoms with E-state index >= 15 is 0 Å². The first-order valence-electron chi connectivity index (χ1n) is 6.36. The lowest BCUT2D eigenvalue weighted by Gasteiger charge is -2.45. The monoisotopic (exact) mass is 267 g/mol. The van der Waals surface area contributed by atoms with E-state index in [9.17, 15) is 0 Å². The van der Waals surface area contributed by atoms with Crippen molar-refractivity contribution < 1.29 is 0 Å². The van der Waals surface area contributed by atoms with Gasteiger partial charge >= 0.3 is 0 Å². The van der Waals surface area contributed by atoms with Gasteiger partial charge in [-0.25, -0.2) is 0 Å². The fraction of sp³-hybridized carbons (Fsp3) is 0.571. The Bertz CT molecular complexity index is 431. The SMILES string of the molecule is CN1CCN(Cc2ccc(N)c(Cl)c2)CC1(C)C. The van der Waals surface area contributed by atoms with Crippen LogP contribution >= 0.6 is 11.6 Å². The summed E-state index contributed by atoms with van der Waals surface area (Å²) in [5, 5.41) is 0.654. The molecule has 2 rings (SSSR count). The number of nitrogens with zero attached hydrogens (tertiary/aromatic N) is 2. The molecule has 0 bridgehead atoms. The highest BCUT2D eigenvalue weighted by Gasteiger charge is 2.30. The first-order valence-corrected chi connectivity index (χ1v) is 6.74. The molecule has 0 unspecified atom stereocenters. The highest BCUT2D eigenvalue weighted by molar-refractivity contribution is 6.33. The van der Waals surface area contributed by atoms with Gasteiger partial charge in [0.2, 0.25) is 0 Å². The predicted octanol–water partition coefficient (Wildman–Crippen LogP) is 2.45. The second-order valence-corrected chi connectivity index (χ2v) is 6.21. The van der Waals surface area contributed by atoms with Crippen molar-refractivity contribution in [2.75, 3.05) is 32.4 Å². The lowest BCUT2D eigenvalue weighted by atomic mass is 9.99. The smallest absolute Gasteiger partial charge is 0.0638 e. The Kier molecular flexibility index (Phi) is 3.85. The van der Waals surface area contributed by atoms with Crippen LogP contribution in [0.4, 0.5) is 5.69 Å². The number of likely N-dealkylation sites (N-methyl/N-ethyl adjacent to an activating group) is 1. The molecule has 0 atom stereocenters. The van der Waals surface area contributed by atoms with E-state index in [-0.39, 0.29) is 5.54 Å². The third-order valence-corrected chi connectivity index (χ3v) is 4.19. The summed E-state index contributed by atoms with van der Waals surface area (Å²) in [6, 6.07) is 5.92. The summed E-state index contributed by atoms with van der Waals surface area (Å²) in [6.45, 7) is 8.80. The van der Waals surface area contributed by atoms with E-state index in [0.29, 0.717) is 10.7 Å². The van der Waals surface area contributed by atoms with Gasteiger partial charge in [-0.3, -0.25) is 9.80 Å². The molecule has 1 fully saturated rings. The van der Waals surface area contributed by atoms with Crippen molar-refractivity contribution in [2.45, 2.75) is 25.9 Å². The standard InChI is InChI=1S/C14H22ClN3/c1-14(2)10-18(7-6-17(14)3)9-11-4-5-13(16)12(15)8-11/h4-5,8H,6-7,9-10,16H2,1-3H3. The molecule has 1 saturated heterocycles. The maximum atomic E-state index is 6.06. The number of piperazine rings is 1. The minimum absolute atomic E-state index is 0.232. The minimum Gasteiger partial charge on any atom is -0.398 e. The Morgan fingerprint density at radius 3 is 2.67 bits per heavy atom. The van der Waals surface area contributed by atoms with Crippen LogP contribution in [0.25, 0.3) is 0 Å². The van der Waals surface area contributed by atoms with E-state index in [0.717, 1.165) is 26.2 Å². The van der Waals surface area contributed by atoms with Crippen LogP contribution in [0.5, 0.6) is 0 Å². The molecule has 18 heavy (non-hydrogen) atoms. The summed E-state index contributed by atoms with van der Waals surface area (Å²) >= 11 is 6.06. The summed E-state index contributed by atoms with van der Waals surface area (Å²) in [6.07, 6.45) is 0. The Labute approximate surface area is 115 Å².